The van der Waals surface area contributed by atoms with E-state index in [1.165, 1.54) is 31.2 Å². The van der Waals surface area contributed by atoms with Crippen LogP contribution in [0, 0.1) is 0 Å². The molecule has 0 amide bonds. The number of hydrogen-bond acceptors (Lipinski definition) is 5. The van der Waals surface area contributed by atoms with Gasteiger partial charge < -0.3 is 15.5 Å². The van der Waals surface area contributed by atoms with Crippen molar-refractivity contribution < 1.29 is 0 Å². The second-order valence-corrected chi connectivity index (χ2v) is 9.08. The number of hydrogen-bond donors (Lipinski definition) is 2. The quantitative estimate of drug-likeness (QED) is 0.542. The lowest BCUT2D eigenvalue weighted by Gasteiger charge is -2.32. The fourth-order valence-electron chi connectivity index (χ4n) is 4.55. The van der Waals surface area contributed by atoms with Crippen LogP contribution in [-0.2, 0) is 6.42 Å². The van der Waals surface area contributed by atoms with Gasteiger partial charge in [-0.3, -0.25) is 0 Å². The second kappa shape index (κ2) is 11.9. The minimum atomic E-state index is 0.458. The largest absolute Gasteiger partial charge is 0.383 e. The van der Waals surface area contributed by atoms with Crippen LogP contribution in [0.3, 0.4) is 0 Å². The number of piperidine rings is 1. The van der Waals surface area contributed by atoms with Crippen LogP contribution in [0.25, 0.3) is 5.65 Å². The van der Waals surface area contributed by atoms with Gasteiger partial charge in [0.05, 0.1) is 6.20 Å². The number of allylic oxidation sites excluding steroid dienone is 1. The SMILES string of the molecule is C=CC(=C)NC1CCC(Nc2cc(N3CCCCC3)nc3c(CC)cnn23)CC1.CCC. The monoisotopic (exact) mass is 438 g/mol. The lowest BCUT2D eigenvalue weighted by atomic mass is 9.91. The van der Waals surface area contributed by atoms with Gasteiger partial charge in [-0.2, -0.15) is 9.61 Å². The van der Waals surface area contributed by atoms with Crippen molar-refractivity contribution >= 4 is 17.3 Å². The number of anilines is 2. The Labute approximate surface area is 194 Å². The van der Waals surface area contributed by atoms with Crippen LogP contribution in [-0.4, -0.2) is 39.8 Å². The molecule has 0 atom stereocenters. The first-order valence-corrected chi connectivity index (χ1v) is 12.6. The highest BCUT2D eigenvalue weighted by atomic mass is 15.3. The molecule has 1 saturated heterocycles. The van der Waals surface area contributed by atoms with Crippen molar-refractivity contribution in [2.45, 2.75) is 90.6 Å². The van der Waals surface area contributed by atoms with E-state index in [0.29, 0.717) is 12.1 Å². The summed E-state index contributed by atoms with van der Waals surface area (Å²) >= 11 is 0. The lowest BCUT2D eigenvalue weighted by molar-refractivity contribution is 0.375. The molecule has 0 radical (unpaired) electrons. The van der Waals surface area contributed by atoms with Crippen molar-refractivity contribution in [2.75, 3.05) is 23.3 Å². The maximum Gasteiger partial charge on any atom is 0.162 e. The molecule has 0 bridgehead atoms. The third-order valence-electron chi connectivity index (χ3n) is 6.31. The van der Waals surface area contributed by atoms with Gasteiger partial charge in [0.15, 0.2) is 5.65 Å². The molecular formula is C26H42N6. The predicted molar refractivity (Wildman–Crippen MR) is 137 cm³/mol. The van der Waals surface area contributed by atoms with Crippen LogP contribution in [0.2, 0.25) is 0 Å². The van der Waals surface area contributed by atoms with Crippen LogP contribution >= 0.6 is 0 Å². The average Bonchev–Trinajstić information content (AvgIpc) is 3.25. The highest BCUT2D eigenvalue weighted by molar-refractivity contribution is 5.61. The van der Waals surface area contributed by atoms with Gasteiger partial charge in [0.1, 0.15) is 11.6 Å². The van der Waals surface area contributed by atoms with Gasteiger partial charge in [-0.1, -0.05) is 40.3 Å². The Morgan fingerprint density at radius 1 is 1.09 bits per heavy atom. The Morgan fingerprint density at radius 3 is 2.38 bits per heavy atom. The molecule has 2 N–H and O–H groups in total. The number of aryl methyl sites for hydroxylation is 1. The zero-order valence-electron chi connectivity index (χ0n) is 20.4. The van der Waals surface area contributed by atoms with E-state index in [1.807, 2.05) is 10.7 Å². The molecule has 3 heterocycles. The topological polar surface area (TPSA) is 57.5 Å². The molecule has 1 saturated carbocycles. The van der Waals surface area contributed by atoms with Crippen molar-refractivity contribution in [3.8, 4) is 0 Å². The smallest absolute Gasteiger partial charge is 0.162 e. The molecule has 176 valence electrons. The maximum atomic E-state index is 4.99. The van der Waals surface area contributed by atoms with Crippen LogP contribution in [0.5, 0.6) is 0 Å². The van der Waals surface area contributed by atoms with Crippen molar-refractivity contribution in [1.29, 1.82) is 0 Å². The molecule has 0 unspecified atom stereocenters. The molecule has 6 heteroatoms. The third-order valence-corrected chi connectivity index (χ3v) is 6.31. The lowest BCUT2D eigenvalue weighted by Crippen LogP contribution is -2.36. The van der Waals surface area contributed by atoms with Crippen molar-refractivity contribution in [1.82, 2.24) is 19.9 Å². The minimum absolute atomic E-state index is 0.458. The van der Waals surface area contributed by atoms with Crippen molar-refractivity contribution in [2.24, 2.45) is 0 Å². The van der Waals surface area contributed by atoms with Gasteiger partial charge in [-0.15, -0.1) is 0 Å². The Morgan fingerprint density at radius 2 is 1.75 bits per heavy atom. The highest BCUT2D eigenvalue weighted by Gasteiger charge is 2.23. The van der Waals surface area contributed by atoms with Gasteiger partial charge in [0, 0.05) is 42.5 Å². The average molecular weight is 439 g/mol. The summed E-state index contributed by atoms with van der Waals surface area (Å²) in [5.41, 5.74) is 3.13. The van der Waals surface area contributed by atoms with Crippen LogP contribution in [0.4, 0.5) is 11.6 Å². The first kappa shape index (κ1) is 24.1. The molecule has 6 nitrogen and oxygen atoms in total. The number of nitrogens with one attached hydrogen (secondary N) is 2. The highest BCUT2D eigenvalue weighted by Crippen LogP contribution is 2.27. The molecule has 0 aromatic carbocycles. The van der Waals surface area contributed by atoms with E-state index in [9.17, 15) is 0 Å². The standard InChI is InChI=1S/C23H34N6.C3H8/c1-4-17(3)25-19-9-11-20(12-10-19)26-22-15-21(28-13-7-6-8-14-28)27-23-18(5-2)16-24-29(22)23;1-3-2/h4,15-16,19-20,25-26H,1,3,5-14H2,2H3;3H2,1-2H3. The van der Waals surface area contributed by atoms with Gasteiger partial charge >= 0.3 is 0 Å². The minimum Gasteiger partial charge on any atom is -0.383 e. The molecule has 2 aliphatic rings. The van der Waals surface area contributed by atoms with E-state index in [-0.39, 0.29) is 0 Å². The zero-order chi connectivity index (χ0) is 22.9. The Hall–Kier alpha value is -2.50. The van der Waals surface area contributed by atoms with E-state index in [4.69, 9.17) is 4.98 Å². The maximum absolute atomic E-state index is 4.99. The third kappa shape index (κ3) is 6.05. The summed E-state index contributed by atoms with van der Waals surface area (Å²) in [4.78, 5) is 7.43. The summed E-state index contributed by atoms with van der Waals surface area (Å²) in [7, 11) is 0. The Kier molecular flexibility index (Phi) is 9.00. The number of nitrogens with zero attached hydrogens (tertiary/aromatic N) is 4. The zero-order valence-corrected chi connectivity index (χ0v) is 20.4. The molecule has 32 heavy (non-hydrogen) atoms. The normalized spacial score (nSPS) is 20.9. The predicted octanol–water partition coefficient (Wildman–Crippen LogP) is 5.71. The Bertz CT molecular complexity index is 872. The van der Waals surface area contributed by atoms with Gasteiger partial charge in [-0.25, -0.2) is 4.98 Å². The summed E-state index contributed by atoms with van der Waals surface area (Å²) in [6, 6.07) is 3.16. The van der Waals surface area contributed by atoms with Gasteiger partial charge in [0.25, 0.3) is 0 Å². The number of aromatic nitrogens is 3. The van der Waals surface area contributed by atoms with E-state index in [2.05, 4.69) is 60.6 Å². The van der Waals surface area contributed by atoms with Crippen molar-refractivity contribution in [3.05, 3.63) is 42.8 Å². The molecule has 0 spiro atoms. The van der Waals surface area contributed by atoms with Crippen molar-refractivity contribution in [3.63, 3.8) is 0 Å². The van der Waals surface area contributed by atoms with E-state index >= 15 is 0 Å². The van der Waals surface area contributed by atoms with Gasteiger partial charge in [0.2, 0.25) is 0 Å². The molecule has 2 aromatic heterocycles. The molecule has 1 aliphatic carbocycles. The fraction of sp³-hybridized carbons (Fsp3) is 0.615. The Balaban J connectivity index is 0.000000913. The van der Waals surface area contributed by atoms with E-state index in [0.717, 1.165) is 68.2 Å². The summed E-state index contributed by atoms with van der Waals surface area (Å²) < 4.78 is 2.00. The van der Waals surface area contributed by atoms with Crippen LogP contribution < -0.4 is 15.5 Å². The summed E-state index contributed by atoms with van der Waals surface area (Å²) in [6.45, 7) is 16.4. The molecule has 1 aliphatic heterocycles. The first-order chi connectivity index (χ1) is 15.6. The summed E-state index contributed by atoms with van der Waals surface area (Å²) in [5.74, 6) is 2.16. The first-order valence-electron chi connectivity index (χ1n) is 12.6. The van der Waals surface area contributed by atoms with E-state index in [1.54, 1.807) is 6.08 Å². The second-order valence-electron chi connectivity index (χ2n) is 9.08. The summed E-state index contributed by atoms with van der Waals surface area (Å²) in [5, 5.41) is 11.9. The number of fused-ring (bicyclic) bond motifs is 1. The van der Waals surface area contributed by atoms with Crippen LogP contribution in [0.1, 0.15) is 77.7 Å². The fourth-order valence-corrected chi connectivity index (χ4v) is 4.55. The molecule has 2 fully saturated rings. The van der Waals surface area contributed by atoms with E-state index < -0.39 is 0 Å². The molecular weight excluding hydrogens is 396 g/mol. The summed E-state index contributed by atoms with van der Waals surface area (Å²) in [6.07, 6.45) is 14.3. The van der Waals surface area contributed by atoms with Gasteiger partial charge in [-0.05, 0) is 57.4 Å². The molecule has 4 rings (SSSR count). The number of rotatable bonds is 7. The van der Waals surface area contributed by atoms with Crippen LogP contribution in [0.15, 0.2) is 37.2 Å². The molecule has 2 aromatic rings.